The van der Waals surface area contributed by atoms with Crippen LogP contribution in [0.3, 0.4) is 0 Å². The fourth-order valence-electron chi connectivity index (χ4n) is 7.29. The number of benzene rings is 4. The maximum atomic E-state index is 13.7. The first-order valence-corrected chi connectivity index (χ1v) is 18.6. The zero-order valence-electron chi connectivity index (χ0n) is 27.9. The van der Waals surface area contributed by atoms with Crippen molar-refractivity contribution < 1.29 is 19.1 Å². The Morgan fingerprint density at radius 1 is 0.769 bits per heavy atom. The van der Waals surface area contributed by atoms with Gasteiger partial charge >= 0.3 is 6.09 Å². The molecule has 1 saturated heterocycles. The van der Waals surface area contributed by atoms with Gasteiger partial charge in [-0.3, -0.25) is 19.0 Å². The van der Waals surface area contributed by atoms with E-state index in [2.05, 4.69) is 62.5 Å². The van der Waals surface area contributed by atoms with Crippen molar-refractivity contribution in [3.8, 4) is 16.8 Å². The molecule has 2 aliphatic rings. The van der Waals surface area contributed by atoms with Crippen LogP contribution in [-0.4, -0.2) is 64.1 Å². The summed E-state index contributed by atoms with van der Waals surface area (Å²) in [6.45, 7) is 0.441. The summed E-state index contributed by atoms with van der Waals surface area (Å²) in [6, 6.07) is 32.2. The first-order valence-electron chi connectivity index (χ1n) is 17.0. The van der Waals surface area contributed by atoms with Gasteiger partial charge in [-0.25, -0.2) is 4.79 Å². The summed E-state index contributed by atoms with van der Waals surface area (Å²) in [5.41, 5.74) is 7.79. The van der Waals surface area contributed by atoms with Crippen molar-refractivity contribution in [3.63, 3.8) is 0 Å². The van der Waals surface area contributed by atoms with E-state index in [1.54, 1.807) is 48.7 Å². The molecule has 2 aromatic heterocycles. The number of fused-ring (bicyclic) bond motifs is 4. The van der Waals surface area contributed by atoms with Crippen LogP contribution < -0.4 is 16.2 Å². The average molecular weight is 804 g/mol. The van der Waals surface area contributed by atoms with E-state index in [-0.39, 0.29) is 43.0 Å². The molecule has 1 fully saturated rings. The molecule has 52 heavy (non-hydrogen) atoms. The van der Waals surface area contributed by atoms with Gasteiger partial charge in [0.1, 0.15) is 6.61 Å². The molecule has 8 rings (SSSR count). The maximum Gasteiger partial charge on any atom is 0.409 e. The number of aromatic amines is 1. The summed E-state index contributed by atoms with van der Waals surface area (Å²) in [4.78, 5) is 57.9. The number of aromatic nitrogens is 2. The molecule has 3 amide bonds. The number of rotatable bonds is 8. The second-order valence-corrected chi connectivity index (χ2v) is 13.8. The highest BCUT2D eigenvalue weighted by Gasteiger charge is 2.39. The molecule has 2 atom stereocenters. The quantitative estimate of drug-likeness (QED) is 0.121. The number of carbonyl (C=O) groups excluding carboxylic acids is 3. The number of likely N-dealkylation sites (tertiary alicyclic amines) is 1. The Hall–Kier alpha value is -5.69. The number of carbonyl (C=O) groups is 3. The number of ether oxygens (including phenoxy) is 1. The van der Waals surface area contributed by atoms with Crippen LogP contribution >= 0.6 is 22.6 Å². The van der Waals surface area contributed by atoms with Gasteiger partial charge < -0.3 is 25.3 Å². The minimum Gasteiger partial charge on any atom is -0.448 e. The Balaban J connectivity index is 1.00. The fourth-order valence-corrected chi connectivity index (χ4v) is 7.92. The normalized spacial score (nSPS) is 16.4. The second-order valence-electron chi connectivity index (χ2n) is 13.0. The zero-order valence-corrected chi connectivity index (χ0v) is 30.1. The monoisotopic (exact) mass is 803 g/mol. The van der Waals surface area contributed by atoms with E-state index < -0.39 is 18.2 Å². The molecule has 1 aliphatic carbocycles. The highest BCUT2D eigenvalue weighted by molar-refractivity contribution is 14.1. The van der Waals surface area contributed by atoms with Crippen molar-refractivity contribution in [2.24, 2.45) is 0 Å². The van der Waals surface area contributed by atoms with Crippen molar-refractivity contribution in [2.75, 3.05) is 19.7 Å². The number of nitrogens with one attached hydrogen (secondary N) is 3. The molecule has 3 N–H and O–H groups in total. The summed E-state index contributed by atoms with van der Waals surface area (Å²) < 4.78 is 8.28. The van der Waals surface area contributed by atoms with Crippen molar-refractivity contribution >= 4 is 51.4 Å². The number of amides is 3. The van der Waals surface area contributed by atoms with E-state index >= 15 is 0 Å². The Morgan fingerprint density at radius 3 is 2.04 bits per heavy atom. The lowest BCUT2D eigenvalue weighted by Crippen LogP contribution is -2.51. The highest BCUT2D eigenvalue weighted by Crippen LogP contribution is 2.44. The second kappa shape index (κ2) is 14.1. The predicted octanol–water partition coefficient (Wildman–Crippen LogP) is 6.42. The summed E-state index contributed by atoms with van der Waals surface area (Å²) in [5, 5.41) is 7.18. The molecule has 0 radical (unpaired) electrons. The number of hydrogen-bond acceptors (Lipinski definition) is 5. The zero-order chi connectivity index (χ0) is 35.8. The average Bonchev–Trinajstić information content (AvgIpc) is 3.87. The Labute approximate surface area is 312 Å². The molecule has 11 heteroatoms. The van der Waals surface area contributed by atoms with Crippen LogP contribution in [0.15, 0.2) is 126 Å². The molecule has 260 valence electrons. The molecule has 10 nitrogen and oxygen atoms in total. The van der Waals surface area contributed by atoms with Gasteiger partial charge in [-0.1, -0.05) is 83.3 Å². The van der Waals surface area contributed by atoms with E-state index in [0.717, 1.165) is 43.1 Å². The molecule has 3 heterocycles. The van der Waals surface area contributed by atoms with Crippen LogP contribution in [0.5, 0.6) is 0 Å². The van der Waals surface area contributed by atoms with Crippen LogP contribution in [0.2, 0.25) is 0 Å². The summed E-state index contributed by atoms with van der Waals surface area (Å²) in [6.07, 6.45) is 3.09. The lowest BCUT2D eigenvalue weighted by Gasteiger charge is -2.21. The van der Waals surface area contributed by atoms with Crippen molar-refractivity contribution in [1.82, 2.24) is 25.1 Å². The third-order valence-corrected chi connectivity index (χ3v) is 10.8. The minimum absolute atomic E-state index is 0.102. The number of H-pyrrole nitrogens is 1. The van der Waals surface area contributed by atoms with E-state index in [1.807, 2.05) is 42.6 Å². The van der Waals surface area contributed by atoms with Crippen LogP contribution in [0.1, 0.15) is 43.3 Å². The number of alkyl halides is 1. The lowest BCUT2D eigenvalue weighted by atomic mass is 9.98. The molecular weight excluding hydrogens is 769 g/mol. The topological polar surface area (TPSA) is 126 Å². The molecule has 1 aliphatic heterocycles. The molecule has 4 aromatic carbocycles. The van der Waals surface area contributed by atoms with Crippen molar-refractivity contribution in [3.05, 3.63) is 160 Å². The largest absolute Gasteiger partial charge is 0.448 e. The Bertz CT molecular complexity index is 2340. The van der Waals surface area contributed by atoms with Crippen molar-refractivity contribution in [1.29, 1.82) is 0 Å². The minimum atomic E-state index is -0.604. The van der Waals surface area contributed by atoms with E-state index in [1.165, 1.54) is 15.5 Å². The van der Waals surface area contributed by atoms with Gasteiger partial charge in [-0.15, -0.1) is 0 Å². The predicted molar refractivity (Wildman–Crippen MR) is 207 cm³/mol. The van der Waals surface area contributed by atoms with Crippen LogP contribution in [-0.2, 0) is 9.16 Å². The van der Waals surface area contributed by atoms with Gasteiger partial charge in [0.15, 0.2) is 0 Å². The Kier molecular flexibility index (Phi) is 9.10. The highest BCUT2D eigenvalue weighted by atomic mass is 127. The maximum absolute atomic E-state index is 13.7. The number of halogens is 1. The molecule has 0 saturated carbocycles. The van der Waals surface area contributed by atoms with Gasteiger partial charge in [-0.05, 0) is 70.3 Å². The number of nitrogens with zero attached hydrogens (tertiary/aromatic N) is 2. The van der Waals surface area contributed by atoms with Gasteiger partial charge in [0, 0.05) is 69.6 Å². The molecule has 0 spiro atoms. The fraction of sp³-hybridized carbons (Fsp3) is 0.171. The van der Waals surface area contributed by atoms with Gasteiger partial charge in [-0.2, -0.15) is 0 Å². The first kappa shape index (κ1) is 33.5. The molecular formula is C41H34IN5O5. The standard InChI is InChI=1S/C41H34IN5O5/c42-20-27-21-43-35-19-26(14-17-29(27)35)40(50)45-37-23-46(41(51)52-24-34-32-9-3-1-7-30(32)31-8-2-4-10-33(31)34)22-36(37)44-39(49)25-12-15-28(16-13-25)47-18-6-5-11-38(47)48/h1-19,21,34,36-37,43H,20,22-24H2,(H,44,49)(H,45,50)/t36-,37+/m0/s1. The number of pyridine rings is 1. The van der Waals surface area contributed by atoms with E-state index in [9.17, 15) is 19.2 Å². The first-order chi connectivity index (χ1) is 25.4. The van der Waals surface area contributed by atoms with Crippen LogP contribution in [0.4, 0.5) is 4.79 Å². The summed E-state index contributed by atoms with van der Waals surface area (Å²) >= 11 is 2.31. The van der Waals surface area contributed by atoms with E-state index in [4.69, 9.17) is 4.74 Å². The van der Waals surface area contributed by atoms with Crippen LogP contribution in [0, 0.1) is 0 Å². The lowest BCUT2D eigenvalue weighted by molar-refractivity contribution is 0.0897. The van der Waals surface area contributed by atoms with Gasteiger partial charge in [0.2, 0.25) is 0 Å². The van der Waals surface area contributed by atoms with Crippen molar-refractivity contribution in [2.45, 2.75) is 22.4 Å². The van der Waals surface area contributed by atoms with Gasteiger partial charge in [0.05, 0.1) is 12.1 Å². The van der Waals surface area contributed by atoms with E-state index in [0.29, 0.717) is 16.8 Å². The molecule has 0 unspecified atom stereocenters. The number of hydrogen-bond donors (Lipinski definition) is 3. The molecule has 6 aromatic rings. The van der Waals surface area contributed by atoms with Crippen LogP contribution in [0.25, 0.3) is 27.7 Å². The third-order valence-electron chi connectivity index (χ3n) is 9.95. The summed E-state index contributed by atoms with van der Waals surface area (Å²) in [7, 11) is 0. The smallest absolute Gasteiger partial charge is 0.409 e. The summed E-state index contributed by atoms with van der Waals surface area (Å²) in [5.74, 6) is -0.788. The van der Waals surface area contributed by atoms with Gasteiger partial charge in [0.25, 0.3) is 17.4 Å². The molecule has 0 bridgehead atoms. The SMILES string of the molecule is O=C(N[C@H]1CN(C(=O)OCC2c3ccccc3-c3ccccc32)C[C@H]1NC(=O)c1ccc2c(CI)c[nH]c2c1)c1ccc(-n2ccccc2=O)cc1. The third kappa shape index (κ3) is 6.36. The Morgan fingerprint density at radius 2 is 1.38 bits per heavy atom.